The highest BCUT2D eigenvalue weighted by molar-refractivity contribution is 5.81. The summed E-state index contributed by atoms with van der Waals surface area (Å²) in [6.45, 7) is 0.906. The molecular weight excluding hydrogens is 332 g/mol. The van der Waals surface area contributed by atoms with Gasteiger partial charge in [0.15, 0.2) is 0 Å². The van der Waals surface area contributed by atoms with Gasteiger partial charge >= 0.3 is 0 Å². The minimum Gasteiger partial charge on any atom is -0.385 e. The molecule has 0 radical (unpaired) electrons. The number of anilines is 1. The van der Waals surface area contributed by atoms with Gasteiger partial charge in [0, 0.05) is 30.1 Å². The van der Waals surface area contributed by atoms with E-state index in [-0.39, 0.29) is 11.8 Å². The summed E-state index contributed by atoms with van der Waals surface area (Å²) < 4.78 is 0. The zero-order chi connectivity index (χ0) is 18.5. The summed E-state index contributed by atoms with van der Waals surface area (Å²) in [5.41, 5.74) is 2.50. The number of amides is 1. The maximum absolute atomic E-state index is 13.0. The molecule has 142 valence electrons. The monoisotopic (exact) mass is 362 g/mol. The van der Waals surface area contributed by atoms with Crippen LogP contribution >= 0.6 is 0 Å². The Morgan fingerprint density at radius 3 is 2.41 bits per heavy atom. The molecule has 0 unspecified atom stereocenters. The molecule has 2 aliphatic rings. The number of piperidine rings is 1. The van der Waals surface area contributed by atoms with Gasteiger partial charge in [-0.1, -0.05) is 61.4 Å². The van der Waals surface area contributed by atoms with E-state index in [9.17, 15) is 4.79 Å². The maximum atomic E-state index is 13.0. The summed E-state index contributed by atoms with van der Waals surface area (Å²) in [5.74, 6) is 1.31. The number of nitrogens with one attached hydrogen (secondary N) is 2. The molecule has 4 rings (SSSR count). The third kappa shape index (κ3) is 4.18. The van der Waals surface area contributed by atoms with E-state index in [0.717, 1.165) is 31.5 Å². The summed E-state index contributed by atoms with van der Waals surface area (Å²) in [5, 5.41) is 6.85. The largest absolute Gasteiger partial charge is 0.385 e. The summed E-state index contributed by atoms with van der Waals surface area (Å²) in [6, 6.07) is 21.4. The van der Waals surface area contributed by atoms with Crippen LogP contribution in [0.3, 0.4) is 0 Å². The van der Waals surface area contributed by atoms with Crippen molar-refractivity contribution in [1.29, 1.82) is 0 Å². The van der Waals surface area contributed by atoms with Crippen molar-refractivity contribution in [2.24, 2.45) is 11.8 Å². The van der Waals surface area contributed by atoms with Gasteiger partial charge in [-0.3, -0.25) is 4.79 Å². The average molecular weight is 363 g/mol. The Morgan fingerprint density at radius 2 is 1.63 bits per heavy atom. The topological polar surface area (TPSA) is 41.1 Å². The van der Waals surface area contributed by atoms with Gasteiger partial charge in [-0.2, -0.15) is 0 Å². The van der Waals surface area contributed by atoms with Gasteiger partial charge < -0.3 is 10.6 Å². The minimum atomic E-state index is 0.0873. The predicted molar refractivity (Wildman–Crippen MR) is 111 cm³/mol. The molecular formula is C24H30N2O. The lowest BCUT2D eigenvalue weighted by Crippen LogP contribution is -2.54. The number of para-hydroxylation sites is 1. The highest BCUT2D eigenvalue weighted by Gasteiger charge is 2.44. The highest BCUT2D eigenvalue weighted by atomic mass is 16.2. The molecule has 27 heavy (non-hydrogen) atoms. The van der Waals surface area contributed by atoms with E-state index < -0.39 is 0 Å². The third-order valence-electron chi connectivity index (χ3n) is 6.36. The van der Waals surface area contributed by atoms with E-state index in [1.807, 2.05) is 18.2 Å². The minimum absolute atomic E-state index is 0.0873. The molecule has 1 saturated heterocycles. The van der Waals surface area contributed by atoms with Crippen molar-refractivity contribution in [2.45, 2.75) is 50.5 Å². The number of benzene rings is 2. The van der Waals surface area contributed by atoms with Crippen molar-refractivity contribution < 1.29 is 4.79 Å². The maximum Gasteiger partial charge on any atom is 0.223 e. The molecule has 1 aliphatic heterocycles. The highest BCUT2D eigenvalue weighted by Crippen LogP contribution is 2.45. The molecule has 0 spiro atoms. The Labute approximate surface area is 162 Å². The van der Waals surface area contributed by atoms with Crippen LogP contribution in [0.4, 0.5) is 5.69 Å². The zero-order valence-electron chi connectivity index (χ0n) is 15.9. The van der Waals surface area contributed by atoms with E-state index in [1.54, 1.807) is 0 Å². The standard InChI is InChI=1S/C24H30N2O/c27-24-21(15-9-17-25-19-12-5-2-6-13-19)23(18-10-3-1-4-11-18)20-14-7-8-16-22(20)26-24/h1-6,10-13,20-23,25H,7-9,14-17H2,(H,26,27)/t20-,21+,22+,23-/m0/s1. The Kier molecular flexibility index (Phi) is 5.76. The first-order valence-corrected chi connectivity index (χ1v) is 10.5. The summed E-state index contributed by atoms with van der Waals surface area (Å²) in [4.78, 5) is 13.0. The number of carbonyl (C=O) groups excluding carboxylic acids is 1. The summed E-state index contributed by atoms with van der Waals surface area (Å²) >= 11 is 0. The molecule has 0 bridgehead atoms. The number of fused-ring (bicyclic) bond motifs is 1. The Bertz CT molecular complexity index is 731. The van der Waals surface area contributed by atoms with Gasteiger partial charge in [0.1, 0.15) is 0 Å². The second-order valence-electron chi connectivity index (χ2n) is 8.04. The molecule has 2 aromatic carbocycles. The number of rotatable bonds is 6. The van der Waals surface area contributed by atoms with Crippen LogP contribution in [-0.4, -0.2) is 18.5 Å². The van der Waals surface area contributed by atoms with Crippen LogP contribution in [0.1, 0.15) is 50.0 Å². The van der Waals surface area contributed by atoms with Gasteiger partial charge in [-0.15, -0.1) is 0 Å². The fourth-order valence-corrected chi connectivity index (χ4v) is 5.10. The van der Waals surface area contributed by atoms with Crippen LogP contribution in [0.25, 0.3) is 0 Å². The number of hydrogen-bond donors (Lipinski definition) is 2. The van der Waals surface area contributed by atoms with Crippen molar-refractivity contribution >= 4 is 11.6 Å². The number of carbonyl (C=O) groups is 1. The van der Waals surface area contributed by atoms with Crippen LogP contribution in [0.2, 0.25) is 0 Å². The van der Waals surface area contributed by atoms with Crippen molar-refractivity contribution in [1.82, 2.24) is 5.32 Å². The summed E-state index contributed by atoms with van der Waals surface area (Å²) in [6.07, 6.45) is 6.87. The fraction of sp³-hybridized carbons (Fsp3) is 0.458. The molecule has 1 aliphatic carbocycles. The first kappa shape index (κ1) is 18.1. The zero-order valence-corrected chi connectivity index (χ0v) is 15.9. The molecule has 1 amide bonds. The molecule has 0 aromatic heterocycles. The van der Waals surface area contributed by atoms with E-state index >= 15 is 0 Å². The molecule has 1 saturated carbocycles. The van der Waals surface area contributed by atoms with Crippen LogP contribution in [0.15, 0.2) is 60.7 Å². The predicted octanol–water partition coefficient (Wildman–Crippen LogP) is 4.97. The molecule has 1 heterocycles. The van der Waals surface area contributed by atoms with Crippen LogP contribution in [-0.2, 0) is 4.79 Å². The van der Waals surface area contributed by atoms with Crippen molar-refractivity contribution in [3.8, 4) is 0 Å². The van der Waals surface area contributed by atoms with E-state index in [2.05, 4.69) is 53.1 Å². The lowest BCUT2D eigenvalue weighted by molar-refractivity contribution is -0.131. The molecule has 3 heteroatoms. The lowest BCUT2D eigenvalue weighted by Gasteiger charge is -2.46. The SMILES string of the molecule is O=C1N[C@@H]2CCCC[C@@H]2[C@H](c2ccccc2)[C@H]1CCCNc1ccccc1. The second-order valence-corrected chi connectivity index (χ2v) is 8.04. The van der Waals surface area contributed by atoms with E-state index in [4.69, 9.17) is 0 Å². The first-order chi connectivity index (χ1) is 13.3. The van der Waals surface area contributed by atoms with E-state index in [1.165, 1.54) is 24.8 Å². The average Bonchev–Trinajstić information content (AvgIpc) is 2.72. The smallest absolute Gasteiger partial charge is 0.223 e. The number of hydrogen-bond acceptors (Lipinski definition) is 2. The first-order valence-electron chi connectivity index (χ1n) is 10.5. The van der Waals surface area contributed by atoms with Crippen molar-refractivity contribution in [3.63, 3.8) is 0 Å². The van der Waals surface area contributed by atoms with Crippen LogP contribution < -0.4 is 10.6 Å². The third-order valence-corrected chi connectivity index (χ3v) is 6.36. The molecule has 2 fully saturated rings. The quantitative estimate of drug-likeness (QED) is 0.713. The van der Waals surface area contributed by atoms with Crippen molar-refractivity contribution in [3.05, 3.63) is 66.2 Å². The molecule has 2 N–H and O–H groups in total. The van der Waals surface area contributed by atoms with Gasteiger partial charge in [0.05, 0.1) is 0 Å². The normalized spacial score (nSPS) is 27.5. The fourth-order valence-electron chi connectivity index (χ4n) is 5.10. The van der Waals surface area contributed by atoms with Gasteiger partial charge in [-0.25, -0.2) is 0 Å². The Hall–Kier alpha value is -2.29. The van der Waals surface area contributed by atoms with Gasteiger partial charge in [0.2, 0.25) is 5.91 Å². The molecule has 4 atom stereocenters. The lowest BCUT2D eigenvalue weighted by atomic mass is 9.65. The summed E-state index contributed by atoms with van der Waals surface area (Å²) in [7, 11) is 0. The van der Waals surface area contributed by atoms with Crippen LogP contribution in [0.5, 0.6) is 0 Å². The van der Waals surface area contributed by atoms with Gasteiger partial charge in [-0.05, 0) is 49.3 Å². The van der Waals surface area contributed by atoms with Crippen LogP contribution in [0, 0.1) is 11.8 Å². The Morgan fingerprint density at radius 1 is 0.926 bits per heavy atom. The van der Waals surface area contributed by atoms with Crippen molar-refractivity contribution in [2.75, 3.05) is 11.9 Å². The second kappa shape index (κ2) is 8.60. The van der Waals surface area contributed by atoms with Gasteiger partial charge in [0.25, 0.3) is 0 Å². The molecule has 2 aromatic rings. The molecule has 3 nitrogen and oxygen atoms in total. The Balaban J connectivity index is 1.45. The van der Waals surface area contributed by atoms with E-state index in [0.29, 0.717) is 17.9 Å².